The number of nitrogens with one attached hydrogen (secondary N) is 1. The molecular formula is C8H9N3S2. The van der Waals surface area contributed by atoms with Crippen LogP contribution in [-0.4, -0.2) is 9.97 Å². The first-order valence-electron chi connectivity index (χ1n) is 3.90. The summed E-state index contributed by atoms with van der Waals surface area (Å²) >= 11 is 3.30. The molecule has 13 heavy (non-hydrogen) atoms. The minimum atomic E-state index is 0.835. The lowest BCUT2D eigenvalue weighted by Crippen LogP contribution is -2.11. The van der Waals surface area contributed by atoms with Gasteiger partial charge in [0.05, 0.1) is 16.7 Å². The van der Waals surface area contributed by atoms with Crippen LogP contribution in [0.15, 0.2) is 22.6 Å². The van der Waals surface area contributed by atoms with E-state index in [0.29, 0.717) is 0 Å². The molecule has 0 saturated carbocycles. The monoisotopic (exact) mass is 211 g/mol. The summed E-state index contributed by atoms with van der Waals surface area (Å²) in [7, 11) is 0. The summed E-state index contributed by atoms with van der Waals surface area (Å²) < 4.78 is 0. The minimum Gasteiger partial charge on any atom is -0.306 e. The SMILES string of the molecule is c1nc(CNCc2cncs2)cs1. The van der Waals surface area contributed by atoms with Crippen molar-refractivity contribution in [3.05, 3.63) is 33.2 Å². The predicted octanol–water partition coefficient (Wildman–Crippen LogP) is 1.89. The maximum Gasteiger partial charge on any atom is 0.0795 e. The Kier molecular flexibility index (Phi) is 3.02. The van der Waals surface area contributed by atoms with Gasteiger partial charge in [-0.1, -0.05) is 0 Å². The van der Waals surface area contributed by atoms with Gasteiger partial charge in [0.25, 0.3) is 0 Å². The van der Waals surface area contributed by atoms with Crippen LogP contribution in [0.1, 0.15) is 10.6 Å². The summed E-state index contributed by atoms with van der Waals surface area (Å²) in [5.74, 6) is 0. The summed E-state index contributed by atoms with van der Waals surface area (Å²) in [6.07, 6.45) is 1.89. The van der Waals surface area contributed by atoms with Gasteiger partial charge in [-0.2, -0.15) is 0 Å². The second kappa shape index (κ2) is 4.45. The van der Waals surface area contributed by atoms with Gasteiger partial charge in [-0.25, -0.2) is 4.98 Å². The lowest BCUT2D eigenvalue weighted by Gasteiger charge is -1.98. The van der Waals surface area contributed by atoms with E-state index >= 15 is 0 Å². The first-order valence-corrected chi connectivity index (χ1v) is 5.72. The molecule has 1 N–H and O–H groups in total. The highest BCUT2D eigenvalue weighted by Crippen LogP contribution is 2.05. The Balaban J connectivity index is 1.76. The predicted molar refractivity (Wildman–Crippen MR) is 54.8 cm³/mol. The Hall–Kier alpha value is -0.780. The molecule has 0 amide bonds. The number of thiazole rings is 2. The fourth-order valence-corrected chi connectivity index (χ4v) is 2.09. The third kappa shape index (κ3) is 2.58. The van der Waals surface area contributed by atoms with Crippen LogP contribution in [-0.2, 0) is 13.1 Å². The topological polar surface area (TPSA) is 37.8 Å². The number of hydrogen-bond acceptors (Lipinski definition) is 5. The fourth-order valence-electron chi connectivity index (χ4n) is 0.968. The number of hydrogen-bond donors (Lipinski definition) is 1. The first-order chi connectivity index (χ1) is 6.45. The van der Waals surface area contributed by atoms with Crippen LogP contribution in [0.25, 0.3) is 0 Å². The van der Waals surface area contributed by atoms with E-state index in [1.165, 1.54) is 4.88 Å². The van der Waals surface area contributed by atoms with Gasteiger partial charge in [-0.15, -0.1) is 22.7 Å². The zero-order valence-corrected chi connectivity index (χ0v) is 8.57. The molecule has 0 aliphatic heterocycles. The van der Waals surface area contributed by atoms with Crippen molar-refractivity contribution >= 4 is 22.7 Å². The van der Waals surface area contributed by atoms with Crippen molar-refractivity contribution in [3.63, 3.8) is 0 Å². The lowest BCUT2D eigenvalue weighted by molar-refractivity contribution is 0.689. The highest BCUT2D eigenvalue weighted by molar-refractivity contribution is 7.09. The summed E-state index contributed by atoms with van der Waals surface area (Å²) in [4.78, 5) is 9.44. The van der Waals surface area contributed by atoms with E-state index in [0.717, 1.165) is 18.8 Å². The van der Waals surface area contributed by atoms with Gasteiger partial charge >= 0.3 is 0 Å². The quantitative estimate of drug-likeness (QED) is 0.839. The second-order valence-electron chi connectivity index (χ2n) is 2.55. The molecule has 0 unspecified atom stereocenters. The molecular weight excluding hydrogens is 202 g/mol. The van der Waals surface area contributed by atoms with E-state index in [2.05, 4.69) is 20.7 Å². The average molecular weight is 211 g/mol. The van der Waals surface area contributed by atoms with Crippen molar-refractivity contribution in [2.45, 2.75) is 13.1 Å². The Bertz CT molecular complexity index is 294. The molecule has 2 aromatic rings. The highest BCUT2D eigenvalue weighted by atomic mass is 32.1. The third-order valence-electron chi connectivity index (χ3n) is 1.57. The van der Waals surface area contributed by atoms with E-state index < -0.39 is 0 Å². The van der Waals surface area contributed by atoms with Crippen LogP contribution in [0.3, 0.4) is 0 Å². The fraction of sp³-hybridized carbons (Fsp3) is 0.250. The van der Waals surface area contributed by atoms with Crippen LogP contribution in [0.2, 0.25) is 0 Å². The zero-order valence-electron chi connectivity index (χ0n) is 6.93. The van der Waals surface area contributed by atoms with Crippen molar-refractivity contribution in [3.8, 4) is 0 Å². The molecule has 68 valence electrons. The Morgan fingerprint density at radius 3 is 3.00 bits per heavy atom. The molecule has 0 atom stereocenters. The van der Waals surface area contributed by atoms with Crippen LogP contribution in [0.4, 0.5) is 0 Å². The molecule has 0 aromatic carbocycles. The van der Waals surface area contributed by atoms with Gasteiger partial charge in [-0.05, 0) is 0 Å². The average Bonchev–Trinajstić information content (AvgIpc) is 2.75. The Morgan fingerprint density at radius 2 is 2.31 bits per heavy atom. The summed E-state index contributed by atoms with van der Waals surface area (Å²) in [6.45, 7) is 1.71. The maximum atomic E-state index is 4.18. The zero-order chi connectivity index (χ0) is 8.93. The molecule has 0 aliphatic rings. The molecule has 2 heterocycles. The van der Waals surface area contributed by atoms with Gasteiger partial charge in [0.15, 0.2) is 0 Å². The van der Waals surface area contributed by atoms with Crippen molar-refractivity contribution < 1.29 is 0 Å². The molecule has 0 radical (unpaired) electrons. The normalized spacial score (nSPS) is 10.5. The van der Waals surface area contributed by atoms with Crippen molar-refractivity contribution in [1.29, 1.82) is 0 Å². The Morgan fingerprint density at radius 1 is 1.31 bits per heavy atom. The summed E-state index contributed by atoms with van der Waals surface area (Å²) in [5.41, 5.74) is 4.80. The molecule has 0 aliphatic carbocycles. The van der Waals surface area contributed by atoms with Crippen LogP contribution in [0.5, 0.6) is 0 Å². The van der Waals surface area contributed by atoms with E-state index in [-0.39, 0.29) is 0 Å². The number of nitrogens with zero attached hydrogens (tertiary/aromatic N) is 2. The van der Waals surface area contributed by atoms with Crippen molar-refractivity contribution in [1.82, 2.24) is 15.3 Å². The van der Waals surface area contributed by atoms with E-state index in [4.69, 9.17) is 0 Å². The lowest BCUT2D eigenvalue weighted by atomic mass is 10.4. The highest BCUT2D eigenvalue weighted by Gasteiger charge is 1.95. The maximum absolute atomic E-state index is 4.18. The molecule has 0 bridgehead atoms. The van der Waals surface area contributed by atoms with Crippen molar-refractivity contribution in [2.24, 2.45) is 0 Å². The van der Waals surface area contributed by atoms with E-state index in [1.807, 2.05) is 17.2 Å². The molecule has 2 rings (SSSR count). The van der Waals surface area contributed by atoms with Crippen LogP contribution in [0, 0.1) is 0 Å². The molecule has 0 spiro atoms. The van der Waals surface area contributed by atoms with Gasteiger partial charge in [0.2, 0.25) is 0 Å². The van der Waals surface area contributed by atoms with Gasteiger partial charge in [-0.3, -0.25) is 4.98 Å². The van der Waals surface area contributed by atoms with E-state index in [9.17, 15) is 0 Å². The second-order valence-corrected chi connectivity index (χ2v) is 4.24. The van der Waals surface area contributed by atoms with Crippen molar-refractivity contribution in [2.75, 3.05) is 0 Å². The number of rotatable bonds is 4. The van der Waals surface area contributed by atoms with Crippen LogP contribution < -0.4 is 5.32 Å². The Labute approximate surface area is 84.5 Å². The molecule has 2 aromatic heterocycles. The van der Waals surface area contributed by atoms with Gasteiger partial charge in [0, 0.05) is 29.5 Å². The van der Waals surface area contributed by atoms with Gasteiger partial charge in [0.1, 0.15) is 0 Å². The standard InChI is InChI=1S/C8H9N3S2/c1(7-4-12-6-11-7)9-2-8-3-10-5-13-8/h3-6,9H,1-2H2. The van der Waals surface area contributed by atoms with E-state index in [1.54, 1.807) is 22.7 Å². The minimum absolute atomic E-state index is 0.835. The largest absolute Gasteiger partial charge is 0.306 e. The first kappa shape index (κ1) is 8.80. The third-order valence-corrected chi connectivity index (χ3v) is 2.99. The summed E-state index contributed by atoms with van der Waals surface area (Å²) in [5, 5.41) is 5.36. The molecule has 5 heteroatoms. The molecule has 3 nitrogen and oxygen atoms in total. The van der Waals surface area contributed by atoms with Crippen LogP contribution >= 0.6 is 22.7 Å². The summed E-state index contributed by atoms with van der Waals surface area (Å²) in [6, 6.07) is 0. The number of aromatic nitrogens is 2. The smallest absolute Gasteiger partial charge is 0.0795 e. The molecule has 0 saturated heterocycles. The molecule has 0 fully saturated rings. The van der Waals surface area contributed by atoms with Gasteiger partial charge < -0.3 is 5.32 Å².